The molecule has 0 saturated heterocycles. The number of hydrogen-bond donors (Lipinski definition) is 1. The van der Waals surface area contributed by atoms with E-state index in [1.54, 1.807) is 22.7 Å². The predicted octanol–water partition coefficient (Wildman–Crippen LogP) is 3.31. The van der Waals surface area contributed by atoms with Crippen LogP contribution >= 0.6 is 38.6 Å². The molecule has 0 spiro atoms. The van der Waals surface area contributed by atoms with E-state index in [4.69, 9.17) is 5.73 Å². The fourth-order valence-electron chi connectivity index (χ4n) is 0.839. The monoisotopic (exact) mass is 233 g/mol. The van der Waals surface area contributed by atoms with Gasteiger partial charge in [0.2, 0.25) is 0 Å². The quantitative estimate of drug-likeness (QED) is 0.743. The van der Waals surface area contributed by atoms with Crippen molar-refractivity contribution in [2.24, 2.45) is 0 Å². The molecule has 0 aliphatic carbocycles. The first-order chi connectivity index (χ1) is 4.79. The fourth-order valence-corrected chi connectivity index (χ4v) is 3.69. The number of fused-ring (bicyclic) bond motifs is 1. The summed E-state index contributed by atoms with van der Waals surface area (Å²) >= 11 is 6.86. The van der Waals surface area contributed by atoms with E-state index in [9.17, 15) is 0 Å². The Kier molecular flexibility index (Phi) is 1.47. The van der Waals surface area contributed by atoms with Gasteiger partial charge in [-0.25, -0.2) is 0 Å². The Balaban J connectivity index is 2.98. The summed E-state index contributed by atoms with van der Waals surface area (Å²) in [4.78, 5) is 0. The van der Waals surface area contributed by atoms with E-state index in [1.165, 1.54) is 9.40 Å². The Morgan fingerprint density at radius 2 is 2.00 bits per heavy atom. The van der Waals surface area contributed by atoms with Gasteiger partial charge in [-0.3, -0.25) is 0 Å². The van der Waals surface area contributed by atoms with Gasteiger partial charge in [0.25, 0.3) is 0 Å². The lowest BCUT2D eigenvalue weighted by Crippen LogP contribution is -1.78. The van der Waals surface area contributed by atoms with Gasteiger partial charge in [-0.1, -0.05) is 0 Å². The van der Waals surface area contributed by atoms with Gasteiger partial charge in [-0.2, -0.15) is 0 Å². The first kappa shape index (κ1) is 6.64. The van der Waals surface area contributed by atoms with Crippen LogP contribution in [0.5, 0.6) is 0 Å². The van der Waals surface area contributed by atoms with Crippen molar-refractivity contribution in [2.45, 2.75) is 0 Å². The molecular formula is C6H4BrNS2. The van der Waals surface area contributed by atoms with Crippen LogP contribution in [0.1, 0.15) is 0 Å². The van der Waals surface area contributed by atoms with Crippen molar-refractivity contribution < 1.29 is 0 Å². The highest BCUT2D eigenvalue weighted by Gasteiger charge is 2.05. The molecular weight excluding hydrogens is 230 g/mol. The van der Waals surface area contributed by atoms with Crippen molar-refractivity contribution in [3.63, 3.8) is 0 Å². The molecule has 52 valence electrons. The van der Waals surface area contributed by atoms with Gasteiger partial charge in [0.15, 0.2) is 0 Å². The van der Waals surface area contributed by atoms with Crippen LogP contribution in [0, 0.1) is 0 Å². The third kappa shape index (κ3) is 0.794. The molecule has 1 nitrogen and oxygen atoms in total. The van der Waals surface area contributed by atoms with Gasteiger partial charge in [0, 0.05) is 20.6 Å². The fraction of sp³-hybridized carbons (Fsp3) is 0. The minimum absolute atomic E-state index is 0.883. The van der Waals surface area contributed by atoms with Crippen LogP contribution in [0.15, 0.2) is 15.2 Å². The topological polar surface area (TPSA) is 26.0 Å². The Bertz CT molecular complexity index is 331. The molecule has 0 aromatic carbocycles. The molecule has 0 bridgehead atoms. The molecule has 0 atom stereocenters. The average molecular weight is 234 g/mol. The van der Waals surface area contributed by atoms with Gasteiger partial charge < -0.3 is 5.73 Å². The predicted molar refractivity (Wildman–Crippen MR) is 51.8 cm³/mol. The smallest absolute Gasteiger partial charge is 0.0898 e. The molecule has 0 amide bonds. The Hall–Kier alpha value is -0.0600. The van der Waals surface area contributed by atoms with Crippen molar-refractivity contribution in [3.05, 3.63) is 15.2 Å². The van der Waals surface area contributed by atoms with Crippen molar-refractivity contribution >= 4 is 53.7 Å². The summed E-state index contributed by atoms with van der Waals surface area (Å²) in [6, 6.07) is 0. The van der Waals surface area contributed by atoms with Gasteiger partial charge in [0.1, 0.15) is 0 Å². The molecule has 4 heteroatoms. The number of hydrogen-bond acceptors (Lipinski definition) is 3. The van der Waals surface area contributed by atoms with Crippen LogP contribution in [0.4, 0.5) is 5.69 Å². The molecule has 0 aliphatic rings. The third-order valence-corrected chi connectivity index (χ3v) is 4.36. The summed E-state index contributed by atoms with van der Waals surface area (Å²) in [6.07, 6.45) is 0. The molecule has 0 radical (unpaired) electrons. The summed E-state index contributed by atoms with van der Waals surface area (Å²) in [6.45, 7) is 0. The Labute approximate surface area is 74.6 Å². The second-order valence-electron chi connectivity index (χ2n) is 1.94. The lowest BCUT2D eigenvalue weighted by atomic mass is 10.4. The lowest BCUT2D eigenvalue weighted by molar-refractivity contribution is 1.91. The summed E-state index contributed by atoms with van der Waals surface area (Å²) in [5, 5.41) is 5.22. The first-order valence-corrected chi connectivity index (χ1v) is 5.24. The van der Waals surface area contributed by atoms with E-state index in [2.05, 4.69) is 21.3 Å². The highest BCUT2D eigenvalue weighted by atomic mass is 79.9. The molecule has 2 heterocycles. The van der Waals surface area contributed by atoms with Crippen LogP contribution < -0.4 is 5.73 Å². The number of halogens is 1. The zero-order valence-electron chi connectivity index (χ0n) is 4.93. The molecule has 2 rings (SSSR count). The van der Waals surface area contributed by atoms with Crippen LogP contribution in [0.2, 0.25) is 0 Å². The van der Waals surface area contributed by atoms with Crippen molar-refractivity contribution in [1.29, 1.82) is 0 Å². The summed E-state index contributed by atoms with van der Waals surface area (Å²) < 4.78 is 2.41. The highest BCUT2D eigenvalue weighted by molar-refractivity contribution is 9.10. The molecule has 0 unspecified atom stereocenters. The minimum Gasteiger partial charge on any atom is -0.397 e. The number of thiophene rings is 2. The van der Waals surface area contributed by atoms with E-state index in [-0.39, 0.29) is 0 Å². The van der Waals surface area contributed by atoms with E-state index in [0.717, 1.165) is 10.2 Å². The van der Waals surface area contributed by atoms with Crippen molar-refractivity contribution in [1.82, 2.24) is 0 Å². The zero-order chi connectivity index (χ0) is 7.14. The van der Waals surface area contributed by atoms with Crippen LogP contribution in [-0.4, -0.2) is 0 Å². The van der Waals surface area contributed by atoms with Gasteiger partial charge in [-0.15, -0.1) is 22.7 Å². The van der Waals surface area contributed by atoms with Gasteiger partial charge >= 0.3 is 0 Å². The van der Waals surface area contributed by atoms with E-state index in [0.29, 0.717) is 0 Å². The summed E-state index contributed by atoms with van der Waals surface area (Å²) in [5.74, 6) is 0. The van der Waals surface area contributed by atoms with Crippen LogP contribution in [0.25, 0.3) is 9.40 Å². The normalized spacial score (nSPS) is 10.9. The van der Waals surface area contributed by atoms with Gasteiger partial charge in [-0.05, 0) is 15.9 Å². The van der Waals surface area contributed by atoms with E-state index >= 15 is 0 Å². The molecule has 0 saturated carbocycles. The molecule has 2 aromatic heterocycles. The minimum atomic E-state index is 0.883. The number of rotatable bonds is 0. The number of anilines is 1. The maximum absolute atomic E-state index is 5.71. The second kappa shape index (κ2) is 2.22. The standard InChI is InChI=1S/C6H4BrNS2/c7-3-1-9-6-5(3)4(8)2-10-6/h1-2H,8H2. The molecule has 0 fully saturated rings. The maximum atomic E-state index is 5.71. The second-order valence-corrected chi connectivity index (χ2v) is 4.81. The van der Waals surface area contributed by atoms with Gasteiger partial charge in [0.05, 0.1) is 9.70 Å². The van der Waals surface area contributed by atoms with Crippen LogP contribution in [-0.2, 0) is 0 Å². The molecule has 0 aliphatic heterocycles. The highest BCUT2D eigenvalue weighted by Crippen LogP contribution is 2.38. The summed E-state index contributed by atoms with van der Waals surface area (Å²) in [5.41, 5.74) is 6.59. The summed E-state index contributed by atoms with van der Waals surface area (Å²) in [7, 11) is 0. The molecule has 10 heavy (non-hydrogen) atoms. The lowest BCUT2D eigenvalue weighted by Gasteiger charge is -1.83. The Morgan fingerprint density at radius 3 is 2.70 bits per heavy atom. The largest absolute Gasteiger partial charge is 0.397 e. The van der Waals surface area contributed by atoms with Crippen LogP contribution in [0.3, 0.4) is 0 Å². The third-order valence-electron chi connectivity index (χ3n) is 1.29. The number of nitrogens with two attached hydrogens (primary N) is 1. The molecule has 2 aromatic rings. The average Bonchev–Trinajstić information content (AvgIpc) is 2.40. The number of nitrogen functional groups attached to an aromatic ring is 1. The maximum Gasteiger partial charge on any atom is 0.0898 e. The zero-order valence-corrected chi connectivity index (χ0v) is 8.15. The van der Waals surface area contributed by atoms with Crippen molar-refractivity contribution in [2.75, 3.05) is 5.73 Å². The van der Waals surface area contributed by atoms with E-state index < -0.39 is 0 Å². The SMILES string of the molecule is Nc1csc2scc(Br)c12. The first-order valence-electron chi connectivity index (χ1n) is 2.68. The van der Waals surface area contributed by atoms with Crippen molar-refractivity contribution in [3.8, 4) is 0 Å². The molecule has 2 N–H and O–H groups in total. The van der Waals surface area contributed by atoms with E-state index in [1.807, 2.05) is 5.38 Å². The Morgan fingerprint density at radius 1 is 1.30 bits per heavy atom.